The number of imide groups is 1. The second-order valence-corrected chi connectivity index (χ2v) is 4.60. The SMILES string of the molecule is CN1C(=O)C(C)(C)N(O)C(C)(C)C1=O. The van der Waals surface area contributed by atoms with Crippen molar-refractivity contribution in [3.8, 4) is 0 Å². The Morgan fingerprint density at radius 3 is 1.57 bits per heavy atom. The quantitative estimate of drug-likeness (QED) is 0.569. The highest BCUT2D eigenvalue weighted by atomic mass is 16.5. The fraction of sp³-hybridized carbons (Fsp3) is 0.778. The molecule has 1 aliphatic heterocycles. The van der Waals surface area contributed by atoms with Gasteiger partial charge in [-0.3, -0.25) is 14.5 Å². The molecule has 1 N–H and O–H groups in total. The molecule has 1 aliphatic rings. The monoisotopic (exact) mass is 200 g/mol. The van der Waals surface area contributed by atoms with Crippen LogP contribution in [0.5, 0.6) is 0 Å². The van der Waals surface area contributed by atoms with Crippen molar-refractivity contribution in [2.24, 2.45) is 0 Å². The van der Waals surface area contributed by atoms with Gasteiger partial charge in [-0.15, -0.1) is 0 Å². The molecule has 0 atom stereocenters. The van der Waals surface area contributed by atoms with Gasteiger partial charge in [-0.1, -0.05) is 0 Å². The first-order valence-electron chi connectivity index (χ1n) is 4.45. The largest absolute Gasteiger partial charge is 0.312 e. The normalized spacial score (nSPS) is 26.9. The number of likely N-dealkylation sites (N-methyl/N-ethyl adjacent to an activating group) is 1. The molecule has 1 fully saturated rings. The third kappa shape index (κ3) is 1.16. The molecule has 14 heavy (non-hydrogen) atoms. The molecular formula is C9H16N2O3. The summed E-state index contributed by atoms with van der Waals surface area (Å²) in [6.45, 7) is 6.33. The molecule has 0 unspecified atom stereocenters. The van der Waals surface area contributed by atoms with Crippen molar-refractivity contribution >= 4 is 11.8 Å². The predicted molar refractivity (Wildman–Crippen MR) is 49.6 cm³/mol. The lowest BCUT2D eigenvalue weighted by molar-refractivity contribution is -0.240. The highest BCUT2D eigenvalue weighted by Gasteiger charge is 2.54. The van der Waals surface area contributed by atoms with Crippen LogP contribution in [-0.2, 0) is 9.59 Å². The molecule has 0 saturated carbocycles. The zero-order valence-electron chi connectivity index (χ0n) is 9.16. The first-order valence-corrected chi connectivity index (χ1v) is 4.45. The van der Waals surface area contributed by atoms with E-state index in [-0.39, 0.29) is 0 Å². The maximum Gasteiger partial charge on any atom is 0.251 e. The average molecular weight is 200 g/mol. The van der Waals surface area contributed by atoms with Crippen molar-refractivity contribution < 1.29 is 14.8 Å². The summed E-state index contributed by atoms with van der Waals surface area (Å²) < 4.78 is 0. The summed E-state index contributed by atoms with van der Waals surface area (Å²) in [6.07, 6.45) is 0. The standard InChI is InChI=1S/C9H16N2O3/c1-8(2)6(12)10(5)7(13)9(3,4)11(8)14/h14H,1-5H3. The van der Waals surface area contributed by atoms with Crippen molar-refractivity contribution in [2.45, 2.75) is 38.8 Å². The lowest BCUT2D eigenvalue weighted by Crippen LogP contribution is -2.71. The topological polar surface area (TPSA) is 60.9 Å². The second-order valence-electron chi connectivity index (χ2n) is 4.60. The van der Waals surface area contributed by atoms with Crippen LogP contribution in [0.25, 0.3) is 0 Å². The van der Waals surface area contributed by atoms with Crippen LogP contribution in [0.1, 0.15) is 27.7 Å². The summed E-state index contributed by atoms with van der Waals surface area (Å²) in [5, 5.41) is 10.6. The van der Waals surface area contributed by atoms with E-state index in [0.717, 1.165) is 9.96 Å². The van der Waals surface area contributed by atoms with E-state index in [0.29, 0.717) is 0 Å². The fourth-order valence-electron chi connectivity index (χ4n) is 1.79. The van der Waals surface area contributed by atoms with Gasteiger partial charge >= 0.3 is 0 Å². The van der Waals surface area contributed by atoms with Crippen molar-refractivity contribution in [2.75, 3.05) is 7.05 Å². The van der Waals surface area contributed by atoms with Gasteiger partial charge in [0.15, 0.2) is 0 Å². The number of piperazine rings is 1. The smallest absolute Gasteiger partial charge is 0.251 e. The van der Waals surface area contributed by atoms with E-state index >= 15 is 0 Å². The number of hydrogen-bond acceptors (Lipinski definition) is 4. The van der Waals surface area contributed by atoms with E-state index in [9.17, 15) is 14.8 Å². The molecule has 0 aromatic rings. The van der Waals surface area contributed by atoms with Crippen LogP contribution < -0.4 is 0 Å². The van der Waals surface area contributed by atoms with Crippen molar-refractivity contribution in [1.29, 1.82) is 0 Å². The lowest BCUT2D eigenvalue weighted by Gasteiger charge is -2.48. The van der Waals surface area contributed by atoms with E-state index in [1.54, 1.807) is 27.7 Å². The molecule has 0 spiro atoms. The molecule has 5 heteroatoms. The number of carbonyl (C=O) groups is 2. The zero-order chi connectivity index (χ0) is 11.3. The van der Waals surface area contributed by atoms with Gasteiger partial charge in [-0.25, -0.2) is 0 Å². The first-order chi connectivity index (χ1) is 6.13. The minimum absolute atomic E-state index is 0.399. The van der Waals surface area contributed by atoms with E-state index in [2.05, 4.69) is 0 Å². The van der Waals surface area contributed by atoms with E-state index in [4.69, 9.17) is 0 Å². The van der Waals surface area contributed by atoms with Gasteiger partial charge < -0.3 is 5.21 Å². The van der Waals surface area contributed by atoms with Crippen LogP contribution in [-0.4, -0.2) is 45.1 Å². The van der Waals surface area contributed by atoms with Crippen LogP contribution in [0, 0.1) is 0 Å². The fourth-order valence-corrected chi connectivity index (χ4v) is 1.79. The van der Waals surface area contributed by atoms with Crippen LogP contribution >= 0.6 is 0 Å². The van der Waals surface area contributed by atoms with Crippen LogP contribution in [0.2, 0.25) is 0 Å². The first kappa shape index (κ1) is 11.1. The molecule has 0 aromatic carbocycles. The number of hydroxylamine groups is 2. The van der Waals surface area contributed by atoms with Crippen LogP contribution in [0.15, 0.2) is 0 Å². The third-order valence-electron chi connectivity index (χ3n) is 2.72. The van der Waals surface area contributed by atoms with Gasteiger partial charge in [0.05, 0.1) is 0 Å². The van der Waals surface area contributed by atoms with E-state index in [1.165, 1.54) is 7.05 Å². The Hall–Kier alpha value is -0.940. The molecule has 0 bridgehead atoms. The number of rotatable bonds is 0. The molecule has 0 aliphatic carbocycles. The Bertz CT molecular complexity index is 268. The maximum absolute atomic E-state index is 11.7. The van der Waals surface area contributed by atoms with Gasteiger partial charge in [0.25, 0.3) is 11.8 Å². The summed E-state index contributed by atoms with van der Waals surface area (Å²) >= 11 is 0. The zero-order valence-corrected chi connectivity index (χ0v) is 9.16. The summed E-state index contributed by atoms with van der Waals surface area (Å²) in [7, 11) is 1.43. The summed E-state index contributed by atoms with van der Waals surface area (Å²) in [4.78, 5) is 24.4. The molecule has 0 radical (unpaired) electrons. The highest BCUT2D eigenvalue weighted by molar-refractivity contribution is 6.05. The summed E-state index contributed by atoms with van der Waals surface area (Å²) in [5.41, 5.74) is -2.13. The Morgan fingerprint density at radius 1 is 1.00 bits per heavy atom. The minimum atomic E-state index is -1.06. The van der Waals surface area contributed by atoms with Crippen LogP contribution in [0.3, 0.4) is 0 Å². The Morgan fingerprint density at radius 2 is 1.29 bits per heavy atom. The number of carbonyl (C=O) groups excluding carboxylic acids is 2. The molecule has 0 aromatic heterocycles. The van der Waals surface area contributed by atoms with Gasteiger partial charge in [0, 0.05) is 7.05 Å². The van der Waals surface area contributed by atoms with E-state index < -0.39 is 22.9 Å². The highest BCUT2D eigenvalue weighted by Crippen LogP contribution is 2.31. The minimum Gasteiger partial charge on any atom is -0.312 e. The van der Waals surface area contributed by atoms with Crippen LogP contribution in [0.4, 0.5) is 0 Å². The molecule has 80 valence electrons. The van der Waals surface area contributed by atoms with Gasteiger partial charge in [0.2, 0.25) is 0 Å². The Kier molecular flexibility index (Phi) is 2.21. The second kappa shape index (κ2) is 2.77. The molecule has 1 rings (SSSR count). The predicted octanol–water partition coefficient (Wildman–Crippen LogP) is 0.233. The Balaban J connectivity index is 3.22. The number of amides is 2. The lowest BCUT2D eigenvalue weighted by atomic mass is 9.89. The van der Waals surface area contributed by atoms with Gasteiger partial charge in [0.1, 0.15) is 11.1 Å². The molecule has 2 amide bonds. The van der Waals surface area contributed by atoms with E-state index in [1.807, 2.05) is 0 Å². The Labute approximate surface area is 83.2 Å². The van der Waals surface area contributed by atoms with Gasteiger partial charge in [-0.05, 0) is 27.7 Å². The van der Waals surface area contributed by atoms with Crippen molar-refractivity contribution in [3.05, 3.63) is 0 Å². The average Bonchev–Trinajstić information content (AvgIpc) is 2.11. The van der Waals surface area contributed by atoms with Gasteiger partial charge in [-0.2, -0.15) is 5.06 Å². The number of hydrogen-bond donors (Lipinski definition) is 1. The molecule has 1 heterocycles. The summed E-state index contributed by atoms with van der Waals surface area (Å²) in [6, 6.07) is 0. The summed E-state index contributed by atoms with van der Waals surface area (Å²) in [5.74, 6) is -0.798. The number of nitrogens with zero attached hydrogens (tertiary/aromatic N) is 2. The third-order valence-corrected chi connectivity index (χ3v) is 2.72. The van der Waals surface area contributed by atoms with Crippen molar-refractivity contribution in [1.82, 2.24) is 9.96 Å². The maximum atomic E-state index is 11.7. The van der Waals surface area contributed by atoms with Crippen molar-refractivity contribution in [3.63, 3.8) is 0 Å². The molecular weight excluding hydrogens is 184 g/mol. The molecule has 5 nitrogen and oxygen atoms in total. The molecule has 1 saturated heterocycles.